The minimum atomic E-state index is -0.532. The zero-order valence-electron chi connectivity index (χ0n) is 22.1. The largest absolute Gasteiger partial charge is 0.370 e. The fraction of sp³-hybridized carbons (Fsp3) is 0.375. The van der Waals surface area contributed by atoms with E-state index >= 15 is 0 Å². The highest BCUT2D eigenvalue weighted by molar-refractivity contribution is 5.93. The number of carbonyl (C=O) groups is 1. The van der Waals surface area contributed by atoms with Gasteiger partial charge >= 0.3 is 0 Å². The summed E-state index contributed by atoms with van der Waals surface area (Å²) in [6.07, 6.45) is 3.45. The van der Waals surface area contributed by atoms with Crippen molar-refractivity contribution in [2.24, 2.45) is 11.8 Å². The Morgan fingerprint density at radius 1 is 1.00 bits per heavy atom. The number of rotatable bonds is 9. The number of nitriles is 1. The van der Waals surface area contributed by atoms with E-state index in [1.807, 2.05) is 45.2 Å². The predicted octanol–water partition coefficient (Wildman–Crippen LogP) is 6.74. The minimum Gasteiger partial charge on any atom is -0.370 e. The zero-order valence-corrected chi connectivity index (χ0v) is 22.1. The van der Waals surface area contributed by atoms with E-state index in [0.29, 0.717) is 11.3 Å². The molecule has 0 spiro atoms. The van der Waals surface area contributed by atoms with E-state index in [1.165, 1.54) is 0 Å². The number of carbonyl (C=O) groups excluding carboxylic acids is 1. The summed E-state index contributed by atoms with van der Waals surface area (Å²) >= 11 is 0. The normalized spacial score (nSPS) is 14.4. The lowest BCUT2D eigenvalue weighted by molar-refractivity contribution is -0.120. The topological polar surface area (TPSA) is 65.4 Å². The third-order valence-corrected chi connectivity index (χ3v) is 7.88. The van der Waals surface area contributed by atoms with Crippen LogP contribution in [0.2, 0.25) is 0 Å². The molecule has 1 amide bonds. The summed E-state index contributed by atoms with van der Waals surface area (Å²) in [4.78, 5) is 14.8. The molecule has 0 bridgehead atoms. The van der Waals surface area contributed by atoms with E-state index in [0.717, 1.165) is 55.6 Å². The van der Waals surface area contributed by atoms with Crippen molar-refractivity contribution in [2.75, 3.05) is 30.4 Å². The fourth-order valence-electron chi connectivity index (χ4n) is 5.82. The number of nitrogens with zero attached hydrogens (tertiary/aromatic N) is 2. The lowest BCUT2D eigenvalue weighted by Gasteiger charge is -2.45. The molecule has 1 aliphatic rings. The highest BCUT2D eigenvalue weighted by Gasteiger charge is 2.43. The molecule has 1 aliphatic heterocycles. The van der Waals surface area contributed by atoms with Gasteiger partial charge in [-0.1, -0.05) is 74.5 Å². The Bertz CT molecular complexity index is 1170. The van der Waals surface area contributed by atoms with Gasteiger partial charge in [-0.05, 0) is 60.9 Å². The first-order chi connectivity index (χ1) is 18.1. The number of methoxy groups -OCH3 is 1. The molecule has 4 rings (SSSR count). The standard InChI is InChI=1S/C32H37N3O2/c1-4-24(5-2)31(36)34-29-16-17-30(25(22-29)23-33)35-20-18-28(19-21-35)32(37-3,26-12-8-6-9-13-26)27-14-10-7-11-15-27/h6-17,22,24,28H,4-5,18-21H2,1-3H3,(H,34,36). The molecule has 5 nitrogen and oxygen atoms in total. The van der Waals surface area contributed by atoms with Crippen molar-refractivity contribution < 1.29 is 9.53 Å². The molecule has 0 unspecified atom stereocenters. The SMILES string of the molecule is CCC(CC)C(=O)Nc1ccc(N2CCC(C(OC)(c3ccccc3)c3ccccc3)CC2)c(C#N)c1. The number of hydrogen-bond acceptors (Lipinski definition) is 4. The van der Waals surface area contributed by atoms with Crippen molar-refractivity contribution in [2.45, 2.75) is 45.1 Å². The van der Waals surface area contributed by atoms with E-state index in [2.05, 4.69) is 64.8 Å². The maximum Gasteiger partial charge on any atom is 0.227 e. The molecule has 3 aromatic rings. The summed E-state index contributed by atoms with van der Waals surface area (Å²) in [5.74, 6) is 0.280. The maximum absolute atomic E-state index is 12.5. The van der Waals surface area contributed by atoms with Crippen molar-refractivity contribution >= 4 is 17.3 Å². The highest BCUT2D eigenvalue weighted by Crippen LogP contribution is 2.45. The summed E-state index contributed by atoms with van der Waals surface area (Å²) in [5, 5.41) is 12.9. The zero-order chi connectivity index (χ0) is 26.3. The van der Waals surface area contributed by atoms with E-state index < -0.39 is 5.60 Å². The average molecular weight is 496 g/mol. The first kappa shape index (κ1) is 26.4. The third-order valence-electron chi connectivity index (χ3n) is 7.88. The van der Waals surface area contributed by atoms with Crippen LogP contribution < -0.4 is 10.2 Å². The van der Waals surface area contributed by atoms with E-state index in [9.17, 15) is 10.1 Å². The molecule has 37 heavy (non-hydrogen) atoms. The Morgan fingerprint density at radius 3 is 2.05 bits per heavy atom. The van der Waals surface area contributed by atoms with Crippen LogP contribution in [0.3, 0.4) is 0 Å². The smallest absolute Gasteiger partial charge is 0.227 e. The summed E-state index contributed by atoms with van der Waals surface area (Å²) in [7, 11) is 1.81. The molecule has 0 aromatic heterocycles. The molecule has 1 saturated heterocycles. The lowest BCUT2D eigenvalue weighted by atomic mass is 9.71. The van der Waals surface area contributed by atoms with Gasteiger partial charge in [-0.25, -0.2) is 0 Å². The first-order valence-electron chi connectivity index (χ1n) is 13.3. The van der Waals surface area contributed by atoms with Crippen molar-refractivity contribution in [1.29, 1.82) is 5.26 Å². The molecule has 1 N–H and O–H groups in total. The van der Waals surface area contributed by atoms with Gasteiger partial charge in [0, 0.05) is 31.8 Å². The highest BCUT2D eigenvalue weighted by atomic mass is 16.5. The van der Waals surface area contributed by atoms with Crippen LogP contribution in [0.4, 0.5) is 11.4 Å². The van der Waals surface area contributed by atoms with Crippen LogP contribution in [0.5, 0.6) is 0 Å². The Balaban J connectivity index is 1.55. The van der Waals surface area contributed by atoms with Gasteiger partial charge in [0.2, 0.25) is 5.91 Å². The summed E-state index contributed by atoms with van der Waals surface area (Å²) in [6, 6.07) is 29.0. The van der Waals surface area contributed by atoms with Gasteiger partial charge in [0.1, 0.15) is 11.7 Å². The fourth-order valence-corrected chi connectivity index (χ4v) is 5.82. The van der Waals surface area contributed by atoms with Crippen LogP contribution in [0.25, 0.3) is 0 Å². The van der Waals surface area contributed by atoms with Crippen LogP contribution in [0.1, 0.15) is 56.2 Å². The Hall–Kier alpha value is -3.62. The molecule has 1 heterocycles. The number of amides is 1. The van der Waals surface area contributed by atoms with E-state index in [1.54, 1.807) is 6.07 Å². The molecule has 192 valence electrons. The van der Waals surface area contributed by atoms with Crippen LogP contribution in [0.15, 0.2) is 78.9 Å². The van der Waals surface area contributed by atoms with Gasteiger partial charge in [-0.3, -0.25) is 4.79 Å². The van der Waals surface area contributed by atoms with Crippen LogP contribution >= 0.6 is 0 Å². The second-order valence-corrected chi connectivity index (χ2v) is 9.78. The average Bonchev–Trinajstić information content (AvgIpc) is 2.96. The Kier molecular flexibility index (Phi) is 8.63. The molecule has 0 atom stereocenters. The predicted molar refractivity (Wildman–Crippen MR) is 149 cm³/mol. The number of benzene rings is 3. The van der Waals surface area contributed by atoms with Crippen LogP contribution in [-0.2, 0) is 15.1 Å². The van der Waals surface area contributed by atoms with Crippen molar-refractivity contribution in [3.8, 4) is 6.07 Å². The minimum absolute atomic E-state index is 0.0141. The first-order valence-corrected chi connectivity index (χ1v) is 13.3. The maximum atomic E-state index is 12.5. The van der Waals surface area contributed by atoms with Gasteiger partial charge in [-0.15, -0.1) is 0 Å². The van der Waals surface area contributed by atoms with Crippen molar-refractivity contribution in [1.82, 2.24) is 0 Å². The van der Waals surface area contributed by atoms with Crippen LogP contribution in [0, 0.1) is 23.2 Å². The molecule has 1 fully saturated rings. The number of ether oxygens (including phenoxy) is 1. The number of nitrogens with one attached hydrogen (secondary N) is 1. The summed E-state index contributed by atoms with van der Waals surface area (Å²) in [6.45, 7) is 5.69. The Labute approximate surface area is 221 Å². The molecule has 0 aliphatic carbocycles. The van der Waals surface area contributed by atoms with Crippen molar-refractivity contribution in [3.63, 3.8) is 0 Å². The van der Waals surface area contributed by atoms with Gasteiger partial charge in [0.15, 0.2) is 0 Å². The number of anilines is 2. The quantitative estimate of drug-likeness (QED) is 0.357. The summed E-state index contributed by atoms with van der Waals surface area (Å²) < 4.78 is 6.41. The van der Waals surface area contributed by atoms with E-state index in [4.69, 9.17) is 4.74 Å². The lowest BCUT2D eigenvalue weighted by Crippen LogP contribution is -2.45. The molecular weight excluding hydrogens is 458 g/mol. The number of hydrogen-bond donors (Lipinski definition) is 1. The molecule has 3 aromatic carbocycles. The van der Waals surface area contributed by atoms with Crippen LogP contribution in [-0.4, -0.2) is 26.1 Å². The molecule has 0 radical (unpaired) electrons. The number of piperidine rings is 1. The molecular formula is C32H37N3O2. The van der Waals surface area contributed by atoms with Gasteiger partial charge in [0.05, 0.1) is 11.3 Å². The van der Waals surface area contributed by atoms with Gasteiger partial charge in [0.25, 0.3) is 0 Å². The summed E-state index contributed by atoms with van der Waals surface area (Å²) in [5.41, 5.74) is 3.98. The van der Waals surface area contributed by atoms with Crippen molar-refractivity contribution in [3.05, 3.63) is 95.6 Å². The Morgan fingerprint density at radius 2 is 1.57 bits per heavy atom. The second kappa shape index (κ2) is 12.1. The van der Waals surface area contributed by atoms with E-state index in [-0.39, 0.29) is 17.7 Å². The third kappa shape index (κ3) is 5.40. The van der Waals surface area contributed by atoms with Gasteiger partial charge in [-0.2, -0.15) is 5.26 Å². The molecule has 0 saturated carbocycles. The monoisotopic (exact) mass is 495 g/mol. The molecule has 5 heteroatoms. The van der Waals surface area contributed by atoms with Gasteiger partial charge < -0.3 is 15.0 Å². The second-order valence-electron chi connectivity index (χ2n) is 9.78.